The number of alkyl carbamates (subject to hydrolysis) is 1. The summed E-state index contributed by atoms with van der Waals surface area (Å²) in [6.07, 6.45) is -5.19. The fourth-order valence-corrected chi connectivity index (χ4v) is 2.45. The molecule has 1 heterocycles. The average Bonchev–Trinajstić information content (AvgIpc) is 2.96. The number of thiazole rings is 1. The number of carbonyl (C=O) groups excluding carboxylic acids is 1. The molecule has 0 fully saturated rings. The lowest BCUT2D eigenvalue weighted by molar-refractivity contribution is -0.140. The van der Waals surface area contributed by atoms with Gasteiger partial charge in [-0.25, -0.2) is 9.78 Å². The van der Waals surface area contributed by atoms with Gasteiger partial charge in [-0.1, -0.05) is 30.3 Å². The Labute approximate surface area is 128 Å². The number of ether oxygens (including phenoxy) is 1. The van der Waals surface area contributed by atoms with Crippen LogP contribution in [0.3, 0.4) is 0 Å². The van der Waals surface area contributed by atoms with Crippen molar-refractivity contribution in [1.29, 1.82) is 0 Å². The number of hydrogen-bond acceptors (Lipinski definition) is 4. The Balaban J connectivity index is 1.87. The Morgan fingerprint density at radius 3 is 2.64 bits per heavy atom. The SMILES string of the molecule is C[C@H](NC(=O)OCc1ccccc1)c1nc(C(F)(F)F)cs1. The lowest BCUT2D eigenvalue weighted by Gasteiger charge is -2.11. The Morgan fingerprint density at radius 2 is 2.05 bits per heavy atom. The summed E-state index contributed by atoms with van der Waals surface area (Å²) in [5.41, 5.74) is -0.141. The molecule has 2 aromatic rings. The van der Waals surface area contributed by atoms with Gasteiger partial charge in [0.15, 0.2) is 5.69 Å². The summed E-state index contributed by atoms with van der Waals surface area (Å²) >= 11 is 0.840. The first-order valence-electron chi connectivity index (χ1n) is 6.36. The number of nitrogens with zero attached hydrogens (tertiary/aromatic N) is 1. The quantitative estimate of drug-likeness (QED) is 0.916. The van der Waals surface area contributed by atoms with Crippen LogP contribution in [-0.4, -0.2) is 11.1 Å². The molecular weight excluding hydrogens is 317 g/mol. The van der Waals surface area contributed by atoms with Crippen molar-refractivity contribution in [3.63, 3.8) is 0 Å². The zero-order valence-electron chi connectivity index (χ0n) is 11.6. The van der Waals surface area contributed by atoms with Crippen LogP contribution in [-0.2, 0) is 17.5 Å². The van der Waals surface area contributed by atoms with Gasteiger partial charge in [0.25, 0.3) is 0 Å². The summed E-state index contributed by atoms with van der Waals surface area (Å²) in [4.78, 5) is 15.1. The smallest absolute Gasteiger partial charge is 0.434 e. The normalized spacial score (nSPS) is 12.7. The topological polar surface area (TPSA) is 51.2 Å². The van der Waals surface area contributed by atoms with Gasteiger partial charge < -0.3 is 10.1 Å². The third kappa shape index (κ3) is 4.45. The second-order valence-electron chi connectivity index (χ2n) is 4.50. The summed E-state index contributed by atoms with van der Waals surface area (Å²) in [6, 6.07) is 8.40. The van der Waals surface area contributed by atoms with Crippen molar-refractivity contribution in [2.24, 2.45) is 0 Å². The molecule has 0 bridgehead atoms. The van der Waals surface area contributed by atoms with Crippen molar-refractivity contribution < 1.29 is 22.7 Å². The Bertz CT molecular complexity index is 629. The zero-order chi connectivity index (χ0) is 16.2. The van der Waals surface area contributed by atoms with E-state index in [4.69, 9.17) is 4.74 Å². The lowest BCUT2D eigenvalue weighted by Crippen LogP contribution is -2.27. The van der Waals surface area contributed by atoms with Crippen LogP contribution in [0.1, 0.15) is 29.2 Å². The largest absolute Gasteiger partial charge is 0.445 e. The molecule has 22 heavy (non-hydrogen) atoms. The molecule has 118 valence electrons. The number of benzene rings is 1. The highest BCUT2D eigenvalue weighted by atomic mass is 32.1. The number of aromatic nitrogens is 1. The minimum Gasteiger partial charge on any atom is -0.445 e. The van der Waals surface area contributed by atoms with Gasteiger partial charge in [-0.3, -0.25) is 0 Å². The fraction of sp³-hybridized carbons (Fsp3) is 0.286. The lowest BCUT2D eigenvalue weighted by atomic mass is 10.2. The van der Waals surface area contributed by atoms with Gasteiger partial charge in [0.1, 0.15) is 11.6 Å². The van der Waals surface area contributed by atoms with E-state index in [9.17, 15) is 18.0 Å². The molecule has 1 N–H and O–H groups in total. The molecule has 0 aliphatic rings. The molecule has 0 saturated carbocycles. The summed E-state index contributed by atoms with van der Waals surface area (Å²) in [5, 5.41) is 3.54. The fourth-order valence-electron chi connectivity index (χ4n) is 1.62. The summed E-state index contributed by atoms with van der Waals surface area (Å²) in [7, 11) is 0. The molecule has 8 heteroatoms. The number of alkyl halides is 3. The highest BCUT2D eigenvalue weighted by Gasteiger charge is 2.34. The number of carbonyl (C=O) groups is 1. The monoisotopic (exact) mass is 330 g/mol. The number of amides is 1. The summed E-state index contributed by atoms with van der Waals surface area (Å²) in [5.74, 6) is 0. The van der Waals surface area contributed by atoms with E-state index in [0.717, 1.165) is 22.3 Å². The first-order chi connectivity index (χ1) is 10.4. The molecule has 0 spiro atoms. The van der Waals surface area contributed by atoms with Crippen molar-refractivity contribution in [2.75, 3.05) is 0 Å². The van der Waals surface area contributed by atoms with Crippen molar-refractivity contribution in [2.45, 2.75) is 25.7 Å². The Morgan fingerprint density at radius 1 is 1.36 bits per heavy atom. The van der Waals surface area contributed by atoms with Crippen LogP contribution >= 0.6 is 11.3 Å². The van der Waals surface area contributed by atoms with Gasteiger partial charge in [-0.15, -0.1) is 11.3 Å². The van der Waals surface area contributed by atoms with E-state index in [0.29, 0.717) is 0 Å². The van der Waals surface area contributed by atoms with Gasteiger partial charge in [-0.2, -0.15) is 13.2 Å². The van der Waals surface area contributed by atoms with Crippen molar-refractivity contribution in [1.82, 2.24) is 10.3 Å². The average molecular weight is 330 g/mol. The maximum absolute atomic E-state index is 12.5. The molecule has 0 radical (unpaired) electrons. The molecule has 1 atom stereocenters. The molecule has 0 aliphatic carbocycles. The summed E-state index contributed by atoms with van der Waals surface area (Å²) in [6.45, 7) is 1.63. The third-order valence-electron chi connectivity index (χ3n) is 2.73. The number of hydrogen-bond donors (Lipinski definition) is 1. The minimum atomic E-state index is -4.48. The maximum Gasteiger partial charge on any atom is 0.434 e. The zero-order valence-corrected chi connectivity index (χ0v) is 12.4. The third-order valence-corrected chi connectivity index (χ3v) is 3.76. The van der Waals surface area contributed by atoms with E-state index in [-0.39, 0.29) is 11.6 Å². The number of halogens is 3. The second-order valence-corrected chi connectivity index (χ2v) is 5.39. The molecule has 4 nitrogen and oxygen atoms in total. The Kier molecular flexibility index (Phi) is 5.02. The highest BCUT2D eigenvalue weighted by Crippen LogP contribution is 2.31. The highest BCUT2D eigenvalue weighted by molar-refractivity contribution is 7.09. The van der Waals surface area contributed by atoms with Gasteiger partial charge in [0.05, 0.1) is 6.04 Å². The molecule has 0 saturated heterocycles. The van der Waals surface area contributed by atoms with Crippen LogP contribution < -0.4 is 5.32 Å². The molecule has 0 aliphatic heterocycles. The predicted molar refractivity (Wildman–Crippen MR) is 75.3 cm³/mol. The van der Waals surface area contributed by atoms with Crippen molar-refractivity contribution >= 4 is 17.4 Å². The molecule has 1 amide bonds. The van der Waals surface area contributed by atoms with E-state index >= 15 is 0 Å². The van der Waals surface area contributed by atoms with Gasteiger partial charge >= 0.3 is 12.3 Å². The van der Waals surface area contributed by atoms with Crippen LogP contribution in [0, 0.1) is 0 Å². The second kappa shape index (κ2) is 6.78. The Hall–Kier alpha value is -2.09. The van der Waals surface area contributed by atoms with E-state index in [1.807, 2.05) is 18.2 Å². The van der Waals surface area contributed by atoms with Gasteiger partial charge in [0.2, 0.25) is 0 Å². The van der Waals surface area contributed by atoms with Crippen molar-refractivity contribution in [3.8, 4) is 0 Å². The van der Waals surface area contributed by atoms with E-state index in [1.54, 1.807) is 19.1 Å². The molecular formula is C14H13F3N2O2S. The van der Waals surface area contributed by atoms with Crippen LogP contribution in [0.4, 0.5) is 18.0 Å². The van der Waals surface area contributed by atoms with E-state index in [2.05, 4.69) is 10.3 Å². The van der Waals surface area contributed by atoms with Gasteiger partial charge in [-0.05, 0) is 12.5 Å². The first-order valence-corrected chi connectivity index (χ1v) is 7.24. The molecule has 1 aromatic carbocycles. The number of nitrogens with one attached hydrogen (secondary N) is 1. The number of rotatable bonds is 4. The van der Waals surface area contributed by atoms with Crippen LogP contribution in [0.2, 0.25) is 0 Å². The van der Waals surface area contributed by atoms with E-state index in [1.165, 1.54) is 0 Å². The predicted octanol–water partition coefficient (Wildman–Crippen LogP) is 4.15. The summed E-state index contributed by atoms with van der Waals surface area (Å²) < 4.78 is 42.4. The minimum absolute atomic E-state index is 0.0884. The van der Waals surface area contributed by atoms with E-state index < -0.39 is 24.0 Å². The van der Waals surface area contributed by atoms with Crippen LogP contribution in [0.25, 0.3) is 0 Å². The molecule has 0 unspecified atom stereocenters. The van der Waals surface area contributed by atoms with Crippen molar-refractivity contribution in [3.05, 3.63) is 52.0 Å². The van der Waals surface area contributed by atoms with Crippen LogP contribution in [0.5, 0.6) is 0 Å². The molecule has 1 aromatic heterocycles. The van der Waals surface area contributed by atoms with Crippen LogP contribution in [0.15, 0.2) is 35.7 Å². The first kappa shape index (κ1) is 16.3. The maximum atomic E-state index is 12.5. The standard InChI is InChI=1S/C14H13F3N2O2S/c1-9(12-19-11(8-22-12)14(15,16)17)18-13(20)21-7-10-5-3-2-4-6-10/h2-6,8-9H,7H2,1H3,(H,18,20)/t9-/m0/s1. The van der Waals surface area contributed by atoms with Gasteiger partial charge in [0, 0.05) is 5.38 Å². The molecule has 2 rings (SSSR count).